The van der Waals surface area contributed by atoms with Crippen LogP contribution < -0.4 is 5.73 Å². The fourth-order valence-corrected chi connectivity index (χ4v) is 3.04. The molecule has 17 heavy (non-hydrogen) atoms. The number of aromatic amines is 1. The Bertz CT molecular complexity index is 395. The van der Waals surface area contributed by atoms with Crippen LogP contribution in [0.25, 0.3) is 0 Å². The number of hydrogen-bond donors (Lipinski definition) is 2. The third-order valence-electron chi connectivity index (χ3n) is 4.24. The van der Waals surface area contributed by atoms with E-state index < -0.39 is 0 Å². The van der Waals surface area contributed by atoms with E-state index in [9.17, 15) is 0 Å². The topological polar surface area (TPSA) is 63.9 Å². The van der Waals surface area contributed by atoms with Crippen LogP contribution in [0.2, 0.25) is 0 Å². The summed E-state index contributed by atoms with van der Waals surface area (Å²) < 4.78 is 5.40. The molecule has 2 aliphatic rings. The molecule has 4 nitrogen and oxygen atoms in total. The van der Waals surface area contributed by atoms with Gasteiger partial charge in [-0.15, -0.1) is 0 Å². The molecular formula is C13H21N3O. The zero-order valence-corrected chi connectivity index (χ0v) is 10.4. The molecule has 3 N–H and O–H groups in total. The number of rotatable bonds is 3. The number of hydrogen-bond acceptors (Lipinski definition) is 3. The van der Waals surface area contributed by atoms with Crippen molar-refractivity contribution in [3.05, 3.63) is 17.2 Å². The number of aryl methyl sites for hydroxylation is 1. The third-order valence-corrected chi connectivity index (χ3v) is 4.24. The number of nitrogens with two attached hydrogens (primary N) is 1. The van der Waals surface area contributed by atoms with Gasteiger partial charge >= 0.3 is 0 Å². The van der Waals surface area contributed by atoms with E-state index in [2.05, 4.69) is 11.9 Å². The number of H-pyrrole nitrogens is 1. The van der Waals surface area contributed by atoms with Crippen LogP contribution in [0.3, 0.4) is 0 Å². The summed E-state index contributed by atoms with van der Waals surface area (Å²) in [6.07, 6.45) is 4.62. The number of nitrogens with zero attached hydrogens (tertiary/aromatic N) is 1. The molecule has 3 rings (SSSR count). The highest BCUT2D eigenvalue weighted by molar-refractivity contribution is 5.25. The van der Waals surface area contributed by atoms with Crippen LogP contribution in [0.15, 0.2) is 0 Å². The third kappa shape index (κ3) is 1.89. The van der Waals surface area contributed by atoms with E-state index in [0.717, 1.165) is 31.9 Å². The van der Waals surface area contributed by atoms with Crippen molar-refractivity contribution in [3.8, 4) is 0 Å². The highest BCUT2D eigenvalue weighted by atomic mass is 16.5. The quantitative estimate of drug-likeness (QED) is 0.841. The summed E-state index contributed by atoms with van der Waals surface area (Å²) in [5.74, 6) is 2.05. The molecule has 1 saturated heterocycles. The number of aromatic nitrogens is 2. The van der Waals surface area contributed by atoms with E-state index in [1.165, 1.54) is 24.2 Å². The normalized spacial score (nSPS) is 29.5. The second-order valence-electron chi connectivity index (χ2n) is 5.28. The molecule has 1 aromatic rings. The summed E-state index contributed by atoms with van der Waals surface area (Å²) in [4.78, 5) is 8.19. The molecular weight excluding hydrogens is 214 g/mol. The second-order valence-corrected chi connectivity index (χ2v) is 5.28. The van der Waals surface area contributed by atoms with Gasteiger partial charge in [-0.3, -0.25) is 0 Å². The Morgan fingerprint density at radius 1 is 1.53 bits per heavy atom. The van der Waals surface area contributed by atoms with Crippen LogP contribution in [-0.2, 0) is 11.2 Å². The number of nitrogens with one attached hydrogen (secondary N) is 1. The zero-order chi connectivity index (χ0) is 11.8. The van der Waals surface area contributed by atoms with Crippen LogP contribution in [0.5, 0.6) is 0 Å². The molecule has 3 unspecified atom stereocenters. The summed E-state index contributed by atoms with van der Waals surface area (Å²) in [6, 6.07) is 0.0145. The van der Waals surface area contributed by atoms with E-state index in [-0.39, 0.29) is 6.04 Å². The van der Waals surface area contributed by atoms with Gasteiger partial charge in [-0.25, -0.2) is 4.98 Å². The van der Waals surface area contributed by atoms with E-state index in [4.69, 9.17) is 15.5 Å². The molecule has 94 valence electrons. The SMILES string of the molecule is CCC1CCc2[nH]c(C(N)C3CCOC3)nc21. The molecule has 2 heterocycles. The van der Waals surface area contributed by atoms with Crippen LogP contribution >= 0.6 is 0 Å². The minimum absolute atomic E-state index is 0.0145. The van der Waals surface area contributed by atoms with Crippen molar-refractivity contribution in [3.63, 3.8) is 0 Å². The average molecular weight is 235 g/mol. The molecule has 0 spiro atoms. The Morgan fingerprint density at radius 2 is 2.41 bits per heavy atom. The molecule has 0 bridgehead atoms. The van der Waals surface area contributed by atoms with Gasteiger partial charge in [0.15, 0.2) is 0 Å². The average Bonchev–Trinajstić information content (AvgIpc) is 3.04. The maximum absolute atomic E-state index is 6.27. The summed E-state index contributed by atoms with van der Waals surface area (Å²) >= 11 is 0. The Balaban J connectivity index is 1.80. The molecule has 1 aromatic heterocycles. The monoisotopic (exact) mass is 235 g/mol. The first-order valence-corrected chi connectivity index (χ1v) is 6.71. The predicted octanol–water partition coefficient (Wildman–Crippen LogP) is 1.89. The first kappa shape index (κ1) is 11.2. The van der Waals surface area contributed by atoms with Crippen molar-refractivity contribution < 1.29 is 4.74 Å². The highest BCUT2D eigenvalue weighted by Gasteiger charge is 2.30. The van der Waals surface area contributed by atoms with E-state index in [1.54, 1.807) is 0 Å². The number of ether oxygens (including phenoxy) is 1. The maximum Gasteiger partial charge on any atom is 0.123 e. The summed E-state index contributed by atoms with van der Waals surface area (Å²) in [5.41, 5.74) is 8.87. The largest absolute Gasteiger partial charge is 0.381 e. The maximum atomic E-state index is 6.27. The Kier molecular flexibility index (Phi) is 2.92. The van der Waals surface area contributed by atoms with Gasteiger partial charge in [0.2, 0.25) is 0 Å². The van der Waals surface area contributed by atoms with Gasteiger partial charge in [0, 0.05) is 24.1 Å². The highest BCUT2D eigenvalue weighted by Crippen LogP contribution is 2.35. The van der Waals surface area contributed by atoms with Crippen molar-refractivity contribution in [2.75, 3.05) is 13.2 Å². The van der Waals surface area contributed by atoms with Gasteiger partial charge in [-0.1, -0.05) is 6.92 Å². The minimum Gasteiger partial charge on any atom is -0.381 e. The molecule has 3 atom stereocenters. The molecule has 0 radical (unpaired) electrons. The van der Waals surface area contributed by atoms with E-state index in [0.29, 0.717) is 11.8 Å². The summed E-state index contributed by atoms with van der Waals surface area (Å²) in [7, 11) is 0. The molecule has 1 aliphatic heterocycles. The lowest BCUT2D eigenvalue weighted by molar-refractivity contribution is 0.180. The standard InChI is InChI=1S/C13H21N3O/c1-2-8-3-4-10-12(8)16-13(15-10)11(14)9-5-6-17-7-9/h8-9,11H,2-7,14H2,1H3,(H,15,16). The second kappa shape index (κ2) is 4.42. The summed E-state index contributed by atoms with van der Waals surface area (Å²) in [6.45, 7) is 3.86. The van der Waals surface area contributed by atoms with Crippen molar-refractivity contribution in [2.24, 2.45) is 11.7 Å². The Morgan fingerprint density at radius 3 is 3.12 bits per heavy atom. The van der Waals surface area contributed by atoms with Gasteiger partial charge in [-0.2, -0.15) is 0 Å². The van der Waals surface area contributed by atoms with Crippen molar-refractivity contribution in [1.82, 2.24) is 9.97 Å². The number of fused-ring (bicyclic) bond motifs is 1. The van der Waals surface area contributed by atoms with Crippen molar-refractivity contribution in [2.45, 2.75) is 44.6 Å². The fraction of sp³-hybridized carbons (Fsp3) is 0.769. The molecule has 4 heteroatoms. The molecule has 0 saturated carbocycles. The van der Waals surface area contributed by atoms with E-state index in [1.807, 2.05) is 0 Å². The van der Waals surface area contributed by atoms with Crippen LogP contribution in [0.1, 0.15) is 55.4 Å². The van der Waals surface area contributed by atoms with Gasteiger partial charge in [-0.05, 0) is 25.7 Å². The molecule has 0 amide bonds. The predicted molar refractivity (Wildman–Crippen MR) is 65.8 cm³/mol. The molecule has 0 aromatic carbocycles. The van der Waals surface area contributed by atoms with Gasteiger partial charge in [0.25, 0.3) is 0 Å². The van der Waals surface area contributed by atoms with Crippen LogP contribution in [-0.4, -0.2) is 23.2 Å². The molecule has 1 aliphatic carbocycles. The zero-order valence-electron chi connectivity index (χ0n) is 10.4. The van der Waals surface area contributed by atoms with Crippen LogP contribution in [0, 0.1) is 5.92 Å². The van der Waals surface area contributed by atoms with Crippen molar-refractivity contribution in [1.29, 1.82) is 0 Å². The molecule has 1 fully saturated rings. The fourth-order valence-electron chi connectivity index (χ4n) is 3.04. The lowest BCUT2D eigenvalue weighted by atomic mass is 9.99. The minimum atomic E-state index is 0.0145. The first-order valence-electron chi connectivity index (χ1n) is 6.71. The Labute approximate surface area is 102 Å². The van der Waals surface area contributed by atoms with Crippen molar-refractivity contribution >= 4 is 0 Å². The first-order chi connectivity index (χ1) is 8.29. The van der Waals surface area contributed by atoms with Gasteiger partial charge < -0.3 is 15.5 Å². The lowest BCUT2D eigenvalue weighted by Gasteiger charge is -2.15. The Hall–Kier alpha value is -0.870. The lowest BCUT2D eigenvalue weighted by Crippen LogP contribution is -2.23. The van der Waals surface area contributed by atoms with Gasteiger partial charge in [0.1, 0.15) is 5.82 Å². The number of imidazole rings is 1. The smallest absolute Gasteiger partial charge is 0.123 e. The summed E-state index contributed by atoms with van der Waals surface area (Å²) in [5, 5.41) is 0. The van der Waals surface area contributed by atoms with Gasteiger partial charge in [0.05, 0.1) is 18.3 Å². The van der Waals surface area contributed by atoms with E-state index >= 15 is 0 Å². The van der Waals surface area contributed by atoms with Crippen LogP contribution in [0.4, 0.5) is 0 Å².